The fourth-order valence-electron chi connectivity index (χ4n) is 2.45. The summed E-state index contributed by atoms with van der Waals surface area (Å²) in [5.41, 5.74) is 0. The summed E-state index contributed by atoms with van der Waals surface area (Å²) in [6.45, 7) is 2.32. The number of thioether (sulfide) groups is 1. The molecule has 0 saturated heterocycles. The summed E-state index contributed by atoms with van der Waals surface area (Å²) in [6.07, 6.45) is 1.79. The maximum Gasteiger partial charge on any atom is 0.323 e. The summed E-state index contributed by atoms with van der Waals surface area (Å²) >= 11 is 1.65. The second-order valence-electron chi connectivity index (χ2n) is 5.82. The van der Waals surface area contributed by atoms with E-state index in [0.29, 0.717) is 36.0 Å². The van der Waals surface area contributed by atoms with Gasteiger partial charge in [-0.15, -0.1) is 0 Å². The molecule has 2 atom stereocenters. The number of esters is 1. The lowest BCUT2D eigenvalue weighted by Crippen LogP contribution is -2.43. The molecule has 0 saturated carbocycles. The van der Waals surface area contributed by atoms with Crippen molar-refractivity contribution in [2.75, 3.05) is 53.1 Å². The van der Waals surface area contributed by atoms with E-state index >= 15 is 0 Å². The third kappa shape index (κ3) is 7.65. The normalized spacial score (nSPS) is 12.8. The third-order valence-corrected chi connectivity index (χ3v) is 4.51. The molecule has 0 heterocycles. The molecule has 1 rings (SSSR count). The van der Waals surface area contributed by atoms with Gasteiger partial charge in [0.1, 0.15) is 24.5 Å². The van der Waals surface area contributed by atoms with E-state index in [0.717, 1.165) is 5.75 Å². The Hall–Kier alpha value is -1.84. The van der Waals surface area contributed by atoms with Crippen molar-refractivity contribution in [2.45, 2.75) is 25.5 Å². The zero-order chi connectivity index (χ0) is 20.9. The molecule has 0 fully saturated rings. The number of nitrogens with one attached hydrogen (secondary N) is 1. The van der Waals surface area contributed by atoms with Gasteiger partial charge in [-0.25, -0.2) is 0 Å². The largest absolute Gasteiger partial charge is 0.493 e. The number of methoxy groups -OCH3 is 3. The minimum absolute atomic E-state index is 0.0315. The molecule has 0 amide bonds. The highest BCUT2D eigenvalue weighted by molar-refractivity contribution is 7.98. The number of aliphatic hydroxyl groups excluding tert-OH is 1. The van der Waals surface area contributed by atoms with Crippen LogP contribution in [-0.2, 0) is 9.53 Å². The zero-order valence-electron chi connectivity index (χ0n) is 17.1. The molecule has 8 nitrogen and oxygen atoms in total. The van der Waals surface area contributed by atoms with E-state index in [1.165, 1.54) is 21.3 Å². The highest BCUT2D eigenvalue weighted by Gasteiger charge is 2.20. The van der Waals surface area contributed by atoms with Crippen LogP contribution in [0.2, 0.25) is 0 Å². The van der Waals surface area contributed by atoms with Gasteiger partial charge in [-0.2, -0.15) is 11.8 Å². The van der Waals surface area contributed by atoms with Crippen LogP contribution in [0, 0.1) is 0 Å². The third-order valence-electron chi connectivity index (χ3n) is 3.86. The summed E-state index contributed by atoms with van der Waals surface area (Å²) in [7, 11) is 4.56. The zero-order valence-corrected chi connectivity index (χ0v) is 18.0. The molecule has 1 aromatic rings. The van der Waals surface area contributed by atoms with Gasteiger partial charge in [0.2, 0.25) is 5.75 Å². The molecule has 0 aliphatic rings. The molecule has 28 heavy (non-hydrogen) atoms. The maximum atomic E-state index is 12.0. The number of aliphatic hydroxyl groups is 1. The monoisotopic (exact) mass is 417 g/mol. The van der Waals surface area contributed by atoms with E-state index in [1.807, 2.05) is 6.26 Å². The van der Waals surface area contributed by atoms with Gasteiger partial charge in [-0.3, -0.25) is 4.79 Å². The molecule has 0 aliphatic heterocycles. The van der Waals surface area contributed by atoms with Crippen molar-refractivity contribution in [1.29, 1.82) is 0 Å². The number of benzene rings is 1. The molecule has 1 aromatic carbocycles. The van der Waals surface area contributed by atoms with Crippen molar-refractivity contribution < 1.29 is 33.6 Å². The summed E-state index contributed by atoms with van der Waals surface area (Å²) in [5.74, 6) is 2.36. The fraction of sp³-hybridized carbons (Fsp3) is 0.632. The van der Waals surface area contributed by atoms with Gasteiger partial charge < -0.3 is 34.1 Å². The average Bonchev–Trinajstić information content (AvgIpc) is 2.71. The summed E-state index contributed by atoms with van der Waals surface area (Å²) in [6, 6.07) is 2.85. The molecular weight excluding hydrogens is 386 g/mol. The maximum absolute atomic E-state index is 12.0. The lowest BCUT2D eigenvalue weighted by molar-refractivity contribution is -0.145. The van der Waals surface area contributed by atoms with Crippen molar-refractivity contribution >= 4 is 17.7 Å². The van der Waals surface area contributed by atoms with Gasteiger partial charge in [-0.1, -0.05) is 0 Å². The second kappa shape index (κ2) is 13.4. The van der Waals surface area contributed by atoms with Crippen molar-refractivity contribution in [1.82, 2.24) is 5.32 Å². The number of ether oxygens (including phenoxy) is 5. The van der Waals surface area contributed by atoms with Crippen LogP contribution >= 0.6 is 11.8 Å². The first-order valence-electron chi connectivity index (χ1n) is 9.00. The topological polar surface area (TPSA) is 95.5 Å². The van der Waals surface area contributed by atoms with E-state index in [2.05, 4.69) is 5.32 Å². The molecule has 0 aliphatic carbocycles. The first-order chi connectivity index (χ1) is 13.5. The van der Waals surface area contributed by atoms with E-state index < -0.39 is 12.1 Å². The number of rotatable bonds is 14. The van der Waals surface area contributed by atoms with Gasteiger partial charge >= 0.3 is 5.97 Å². The molecule has 0 bridgehead atoms. The lowest BCUT2D eigenvalue weighted by Gasteiger charge is -2.20. The van der Waals surface area contributed by atoms with E-state index in [9.17, 15) is 9.90 Å². The quantitative estimate of drug-likeness (QED) is 0.439. The molecule has 0 radical (unpaired) electrons. The van der Waals surface area contributed by atoms with Gasteiger partial charge in [0.25, 0.3) is 0 Å². The van der Waals surface area contributed by atoms with Crippen LogP contribution in [0.5, 0.6) is 23.0 Å². The lowest BCUT2D eigenvalue weighted by atomic mass is 10.2. The summed E-state index contributed by atoms with van der Waals surface area (Å²) in [5, 5.41) is 13.3. The molecule has 160 valence electrons. The first-order valence-corrected chi connectivity index (χ1v) is 10.4. The minimum atomic E-state index is -0.815. The Bertz CT molecular complexity index is 575. The van der Waals surface area contributed by atoms with Gasteiger partial charge in [0.15, 0.2) is 11.5 Å². The average molecular weight is 418 g/mol. The summed E-state index contributed by atoms with van der Waals surface area (Å²) in [4.78, 5) is 12.0. The van der Waals surface area contributed by atoms with E-state index in [-0.39, 0.29) is 19.1 Å². The van der Waals surface area contributed by atoms with Crippen molar-refractivity contribution in [3.8, 4) is 23.0 Å². The Morgan fingerprint density at radius 2 is 1.82 bits per heavy atom. The van der Waals surface area contributed by atoms with Crippen LogP contribution in [0.4, 0.5) is 0 Å². The Labute approximate surface area is 170 Å². The first kappa shape index (κ1) is 24.2. The molecule has 0 spiro atoms. The SMILES string of the molecule is CCOC(=O)C(CCSC)NCC(O)COc1cc(OC)c(OC)c(OC)c1. The smallest absolute Gasteiger partial charge is 0.323 e. The predicted octanol–water partition coefficient (Wildman–Crippen LogP) is 1.73. The van der Waals surface area contributed by atoms with Crippen LogP contribution in [0.1, 0.15) is 13.3 Å². The number of carbonyl (C=O) groups excluding carboxylic acids is 1. The van der Waals surface area contributed by atoms with Crippen LogP contribution in [-0.4, -0.2) is 76.3 Å². The minimum Gasteiger partial charge on any atom is -0.493 e. The van der Waals surface area contributed by atoms with Gasteiger partial charge in [-0.05, 0) is 25.4 Å². The highest BCUT2D eigenvalue weighted by atomic mass is 32.2. The van der Waals surface area contributed by atoms with Gasteiger partial charge in [0.05, 0.1) is 27.9 Å². The highest BCUT2D eigenvalue weighted by Crippen LogP contribution is 2.40. The number of hydrogen-bond donors (Lipinski definition) is 2. The second-order valence-corrected chi connectivity index (χ2v) is 6.81. The van der Waals surface area contributed by atoms with Crippen LogP contribution in [0.15, 0.2) is 12.1 Å². The molecule has 0 aromatic heterocycles. The molecular formula is C19H31NO7S. The van der Waals surface area contributed by atoms with Crippen molar-refractivity contribution in [2.24, 2.45) is 0 Å². The standard InChI is InChI=1S/C19H31NO7S/c1-6-26-19(22)15(7-8-28-5)20-11-13(21)12-27-14-9-16(23-2)18(25-4)17(10-14)24-3/h9-10,13,15,20-21H,6-8,11-12H2,1-5H3. The van der Waals surface area contributed by atoms with E-state index in [1.54, 1.807) is 30.8 Å². The Morgan fingerprint density at radius 1 is 1.18 bits per heavy atom. The molecule has 2 unspecified atom stereocenters. The summed E-state index contributed by atoms with van der Waals surface area (Å²) < 4.78 is 26.5. The van der Waals surface area contributed by atoms with Crippen LogP contribution in [0.3, 0.4) is 0 Å². The van der Waals surface area contributed by atoms with Crippen LogP contribution < -0.4 is 24.3 Å². The number of carbonyl (C=O) groups is 1. The van der Waals surface area contributed by atoms with E-state index in [4.69, 9.17) is 23.7 Å². The van der Waals surface area contributed by atoms with Crippen molar-refractivity contribution in [3.63, 3.8) is 0 Å². The predicted molar refractivity (Wildman–Crippen MR) is 109 cm³/mol. The van der Waals surface area contributed by atoms with Gasteiger partial charge in [0, 0.05) is 18.7 Å². The Kier molecular flexibility index (Phi) is 11.5. The van der Waals surface area contributed by atoms with Crippen LogP contribution in [0.25, 0.3) is 0 Å². The molecule has 2 N–H and O–H groups in total. The Morgan fingerprint density at radius 3 is 2.32 bits per heavy atom. The number of hydrogen-bond acceptors (Lipinski definition) is 9. The fourth-order valence-corrected chi connectivity index (χ4v) is 2.92. The Balaban J connectivity index is 2.63. The molecule has 9 heteroatoms. The van der Waals surface area contributed by atoms with Crippen molar-refractivity contribution in [3.05, 3.63) is 12.1 Å².